The molecule has 19 heavy (non-hydrogen) atoms. The molecule has 1 N–H and O–H groups in total. The minimum absolute atomic E-state index is 0.0800. The molecule has 1 aromatic carbocycles. The molecule has 0 amide bonds. The second-order valence-electron chi connectivity index (χ2n) is 4.25. The van der Waals surface area contributed by atoms with Crippen LogP contribution in [0.5, 0.6) is 0 Å². The maximum atomic E-state index is 13.6. The van der Waals surface area contributed by atoms with Crippen molar-refractivity contribution in [2.45, 2.75) is 6.54 Å². The average Bonchev–Trinajstić information content (AvgIpc) is 2.88. The second-order valence-corrected chi connectivity index (χ2v) is 5.04. The van der Waals surface area contributed by atoms with Gasteiger partial charge < -0.3 is 9.55 Å². The van der Waals surface area contributed by atoms with Crippen LogP contribution in [0.25, 0.3) is 11.0 Å². The largest absolute Gasteiger partial charge is 0.331 e. The highest BCUT2D eigenvalue weighted by Crippen LogP contribution is 2.23. The lowest BCUT2D eigenvalue weighted by Crippen LogP contribution is -2.05. The van der Waals surface area contributed by atoms with E-state index >= 15 is 0 Å². The summed E-state index contributed by atoms with van der Waals surface area (Å²) in [5.74, 6) is -0.457. The van der Waals surface area contributed by atoms with Gasteiger partial charge in [-0.1, -0.05) is 11.6 Å². The van der Waals surface area contributed by atoms with Crippen molar-refractivity contribution >= 4 is 34.9 Å². The van der Waals surface area contributed by atoms with Crippen LogP contribution in [0.3, 0.4) is 0 Å². The van der Waals surface area contributed by atoms with Crippen LogP contribution in [0, 0.1) is 10.6 Å². The number of hydrogen-bond donors (Lipinski definition) is 1. The number of aromatic nitrogens is 4. The number of rotatable bonds is 2. The molecule has 2 aromatic heterocycles. The highest BCUT2D eigenvalue weighted by atomic mass is 35.5. The highest BCUT2D eigenvalue weighted by Gasteiger charge is 2.10. The van der Waals surface area contributed by atoms with Crippen LogP contribution in [-0.4, -0.2) is 19.3 Å². The van der Waals surface area contributed by atoms with Gasteiger partial charge in [0.2, 0.25) is 0 Å². The van der Waals surface area contributed by atoms with Crippen molar-refractivity contribution in [3.8, 4) is 0 Å². The molecular weight excluding hydrogens is 287 g/mol. The van der Waals surface area contributed by atoms with Crippen LogP contribution in [0.2, 0.25) is 5.02 Å². The van der Waals surface area contributed by atoms with E-state index in [9.17, 15) is 4.39 Å². The van der Waals surface area contributed by atoms with E-state index in [1.165, 1.54) is 6.07 Å². The summed E-state index contributed by atoms with van der Waals surface area (Å²) in [4.78, 5) is 3.02. The van der Waals surface area contributed by atoms with E-state index in [2.05, 4.69) is 10.1 Å². The Morgan fingerprint density at radius 3 is 2.95 bits per heavy atom. The predicted octanol–water partition coefficient (Wildman–Crippen LogP) is 3.27. The van der Waals surface area contributed by atoms with Gasteiger partial charge in [0.15, 0.2) is 4.77 Å². The summed E-state index contributed by atoms with van der Waals surface area (Å²) in [6.07, 6.45) is 1.71. The quantitative estimate of drug-likeness (QED) is 0.737. The smallest absolute Gasteiger partial charge is 0.178 e. The Morgan fingerprint density at radius 1 is 1.47 bits per heavy atom. The molecule has 0 saturated heterocycles. The summed E-state index contributed by atoms with van der Waals surface area (Å²) >= 11 is 11.0. The van der Waals surface area contributed by atoms with Crippen LogP contribution in [0.1, 0.15) is 5.69 Å². The maximum Gasteiger partial charge on any atom is 0.178 e. The highest BCUT2D eigenvalue weighted by molar-refractivity contribution is 7.71. The Hall–Kier alpha value is -1.66. The number of aromatic amines is 1. The van der Waals surface area contributed by atoms with Gasteiger partial charge in [0.05, 0.1) is 28.3 Å². The zero-order valence-electron chi connectivity index (χ0n) is 10.0. The Labute approximate surface area is 118 Å². The fourth-order valence-electron chi connectivity index (χ4n) is 2.03. The Kier molecular flexibility index (Phi) is 2.91. The van der Waals surface area contributed by atoms with Crippen molar-refractivity contribution in [1.82, 2.24) is 19.3 Å². The molecule has 2 heterocycles. The van der Waals surface area contributed by atoms with Gasteiger partial charge in [0.1, 0.15) is 5.82 Å². The lowest BCUT2D eigenvalue weighted by Gasteiger charge is -2.05. The molecule has 0 bridgehead atoms. The van der Waals surface area contributed by atoms with Gasteiger partial charge in [-0.15, -0.1) is 0 Å². The molecule has 0 saturated carbocycles. The normalized spacial score (nSPS) is 11.3. The zero-order valence-corrected chi connectivity index (χ0v) is 11.6. The van der Waals surface area contributed by atoms with Crippen molar-refractivity contribution < 1.29 is 4.39 Å². The first-order valence-corrected chi connectivity index (χ1v) is 6.39. The summed E-state index contributed by atoms with van der Waals surface area (Å²) < 4.78 is 17.7. The summed E-state index contributed by atoms with van der Waals surface area (Å²) in [5.41, 5.74) is 2.39. The van der Waals surface area contributed by atoms with Crippen LogP contribution >= 0.6 is 23.8 Å². The standard InChI is InChI=1S/C12H10ClFN4S/c1-17-7(2-3-15-17)6-18-11-5-9(14)8(13)4-10(11)16-12(18)19/h2-5H,6H2,1H3,(H,16,19). The van der Waals surface area contributed by atoms with E-state index in [-0.39, 0.29) is 5.02 Å². The van der Waals surface area contributed by atoms with Crippen LogP contribution < -0.4 is 0 Å². The van der Waals surface area contributed by atoms with E-state index < -0.39 is 5.82 Å². The molecule has 0 unspecified atom stereocenters. The minimum Gasteiger partial charge on any atom is -0.331 e. The number of aryl methyl sites for hydroxylation is 1. The Bertz CT molecular complexity index is 817. The van der Waals surface area contributed by atoms with Gasteiger partial charge in [-0.2, -0.15) is 5.10 Å². The van der Waals surface area contributed by atoms with E-state index in [0.29, 0.717) is 16.8 Å². The topological polar surface area (TPSA) is 38.5 Å². The maximum absolute atomic E-state index is 13.6. The van der Waals surface area contributed by atoms with E-state index in [0.717, 1.165) is 11.2 Å². The molecule has 0 aliphatic rings. The monoisotopic (exact) mass is 296 g/mol. The number of fused-ring (bicyclic) bond motifs is 1. The van der Waals surface area contributed by atoms with Crippen molar-refractivity contribution in [3.63, 3.8) is 0 Å². The van der Waals surface area contributed by atoms with E-state index in [4.69, 9.17) is 23.8 Å². The number of imidazole rings is 1. The van der Waals surface area contributed by atoms with Gasteiger partial charge in [0.25, 0.3) is 0 Å². The van der Waals surface area contributed by atoms with E-state index in [1.54, 1.807) is 16.9 Å². The molecule has 3 rings (SSSR count). The molecule has 0 aliphatic carbocycles. The van der Waals surface area contributed by atoms with Gasteiger partial charge in [-0.25, -0.2) is 4.39 Å². The predicted molar refractivity (Wildman–Crippen MR) is 74.4 cm³/mol. The van der Waals surface area contributed by atoms with Gasteiger partial charge in [-0.3, -0.25) is 4.68 Å². The molecule has 7 heteroatoms. The summed E-state index contributed by atoms with van der Waals surface area (Å²) in [7, 11) is 1.85. The van der Waals surface area contributed by atoms with Gasteiger partial charge >= 0.3 is 0 Å². The number of hydrogen-bond acceptors (Lipinski definition) is 2. The first kappa shape index (κ1) is 12.4. The molecule has 0 aliphatic heterocycles. The fraction of sp³-hybridized carbons (Fsp3) is 0.167. The van der Waals surface area contributed by atoms with Crippen LogP contribution in [0.15, 0.2) is 24.4 Å². The average molecular weight is 297 g/mol. The molecule has 98 valence electrons. The summed E-state index contributed by atoms with van der Waals surface area (Å²) in [6, 6.07) is 4.83. The van der Waals surface area contributed by atoms with E-state index in [1.807, 2.05) is 17.7 Å². The minimum atomic E-state index is -0.457. The number of nitrogens with zero attached hydrogens (tertiary/aromatic N) is 3. The van der Waals surface area contributed by atoms with Crippen molar-refractivity contribution in [1.29, 1.82) is 0 Å². The first-order valence-electron chi connectivity index (χ1n) is 5.60. The number of halogens is 2. The van der Waals surface area contributed by atoms with Crippen LogP contribution in [-0.2, 0) is 13.6 Å². The van der Waals surface area contributed by atoms with Gasteiger partial charge in [-0.05, 0) is 24.4 Å². The Balaban J connectivity index is 2.18. The lowest BCUT2D eigenvalue weighted by molar-refractivity contribution is 0.627. The van der Waals surface area contributed by atoms with Crippen LogP contribution in [0.4, 0.5) is 4.39 Å². The van der Waals surface area contributed by atoms with Crippen molar-refractivity contribution in [3.05, 3.63) is 45.7 Å². The third-order valence-corrected chi connectivity index (χ3v) is 3.67. The number of H-pyrrole nitrogens is 1. The first-order chi connectivity index (χ1) is 9.06. The number of nitrogens with one attached hydrogen (secondary N) is 1. The lowest BCUT2D eigenvalue weighted by atomic mass is 10.3. The molecule has 4 nitrogen and oxygen atoms in total. The SMILES string of the molecule is Cn1nccc1Cn1c(=S)[nH]c2cc(Cl)c(F)cc21. The van der Waals surface area contributed by atoms with Crippen molar-refractivity contribution in [2.24, 2.45) is 7.05 Å². The molecule has 0 spiro atoms. The summed E-state index contributed by atoms with van der Waals surface area (Å²) in [5, 5.41) is 4.18. The zero-order chi connectivity index (χ0) is 13.6. The van der Waals surface area contributed by atoms with Gasteiger partial charge in [0, 0.05) is 19.3 Å². The second kappa shape index (κ2) is 4.47. The van der Waals surface area contributed by atoms with Crippen molar-refractivity contribution in [2.75, 3.05) is 0 Å². The molecule has 0 radical (unpaired) electrons. The third kappa shape index (κ3) is 2.06. The third-order valence-electron chi connectivity index (χ3n) is 3.06. The molecular formula is C12H10ClFN4S. The molecule has 0 fully saturated rings. The molecule has 3 aromatic rings. The fourth-order valence-corrected chi connectivity index (χ4v) is 2.46. The summed E-state index contributed by atoms with van der Waals surface area (Å²) in [6.45, 7) is 0.524. The molecule has 0 atom stereocenters. The number of benzene rings is 1. The Morgan fingerprint density at radius 2 is 2.26 bits per heavy atom.